The van der Waals surface area contributed by atoms with Crippen molar-refractivity contribution in [3.63, 3.8) is 0 Å². The molecular formula is C13H21N5. The lowest BCUT2D eigenvalue weighted by Crippen LogP contribution is -2.58. The zero-order valence-electron chi connectivity index (χ0n) is 11.0. The lowest BCUT2D eigenvalue weighted by Gasteiger charge is -2.46. The molecule has 1 aliphatic carbocycles. The van der Waals surface area contributed by atoms with Crippen LogP contribution in [0.3, 0.4) is 0 Å². The first kappa shape index (κ1) is 11.9. The van der Waals surface area contributed by atoms with Crippen molar-refractivity contribution in [2.75, 3.05) is 38.2 Å². The van der Waals surface area contributed by atoms with Gasteiger partial charge in [-0.3, -0.25) is 5.01 Å². The minimum absolute atomic E-state index is 0.607. The predicted octanol–water partition coefficient (Wildman–Crippen LogP) is 0.998. The Morgan fingerprint density at radius 2 is 1.78 bits per heavy atom. The van der Waals surface area contributed by atoms with Crippen molar-refractivity contribution in [1.29, 1.82) is 0 Å². The zero-order valence-corrected chi connectivity index (χ0v) is 11.0. The van der Waals surface area contributed by atoms with Gasteiger partial charge in [0.1, 0.15) is 0 Å². The normalized spacial score (nSPS) is 22.7. The molecule has 98 valence electrons. The van der Waals surface area contributed by atoms with Crippen molar-refractivity contribution < 1.29 is 0 Å². The van der Waals surface area contributed by atoms with Gasteiger partial charge in [-0.25, -0.2) is 15.0 Å². The Morgan fingerprint density at radius 1 is 1.11 bits per heavy atom. The fourth-order valence-corrected chi connectivity index (χ4v) is 2.57. The van der Waals surface area contributed by atoms with E-state index in [0.717, 1.165) is 32.1 Å². The second-order valence-electron chi connectivity index (χ2n) is 5.24. The van der Waals surface area contributed by atoms with Gasteiger partial charge in [0.2, 0.25) is 5.95 Å². The van der Waals surface area contributed by atoms with E-state index in [9.17, 15) is 0 Å². The van der Waals surface area contributed by atoms with E-state index in [-0.39, 0.29) is 0 Å². The van der Waals surface area contributed by atoms with E-state index in [1.54, 1.807) is 0 Å². The Bertz CT molecular complexity index is 370. The van der Waals surface area contributed by atoms with Crippen molar-refractivity contribution in [1.82, 2.24) is 19.9 Å². The maximum atomic E-state index is 4.44. The van der Waals surface area contributed by atoms with Gasteiger partial charge in [-0.1, -0.05) is 0 Å². The molecule has 0 amide bonds. The summed E-state index contributed by atoms with van der Waals surface area (Å²) in [4.78, 5) is 11.2. The number of anilines is 1. The summed E-state index contributed by atoms with van der Waals surface area (Å²) >= 11 is 0. The van der Waals surface area contributed by atoms with Crippen LogP contribution in [0.4, 0.5) is 5.95 Å². The van der Waals surface area contributed by atoms with Gasteiger partial charge in [0, 0.05) is 44.6 Å². The molecule has 0 radical (unpaired) electrons. The first-order valence-electron chi connectivity index (χ1n) is 6.84. The van der Waals surface area contributed by atoms with Crippen molar-refractivity contribution in [2.45, 2.75) is 25.3 Å². The van der Waals surface area contributed by atoms with Gasteiger partial charge in [-0.15, -0.1) is 0 Å². The summed E-state index contributed by atoms with van der Waals surface area (Å²) in [7, 11) is 2.18. The predicted molar refractivity (Wildman–Crippen MR) is 71.2 cm³/mol. The molecule has 3 rings (SSSR count). The summed E-state index contributed by atoms with van der Waals surface area (Å²) in [5, 5.41) is 4.77. The van der Waals surface area contributed by atoms with Crippen LogP contribution in [0.2, 0.25) is 0 Å². The standard InChI is InChI=1S/C13H21N5/c1-16-8-10-17(11-9-16)18(12-4-2-5-12)13-14-6-3-7-15-13/h3,6-7,12H,2,4-5,8-11H2,1H3. The Hall–Kier alpha value is -1.20. The SMILES string of the molecule is CN1CCN(N(c2ncccn2)C2CCC2)CC1. The molecule has 18 heavy (non-hydrogen) atoms. The minimum Gasteiger partial charge on any atom is -0.304 e. The third kappa shape index (κ3) is 2.33. The smallest absolute Gasteiger partial charge is 0.240 e. The number of nitrogens with zero attached hydrogens (tertiary/aromatic N) is 5. The average molecular weight is 247 g/mol. The van der Waals surface area contributed by atoms with Crippen LogP contribution in [0.25, 0.3) is 0 Å². The second kappa shape index (κ2) is 5.20. The molecule has 0 N–H and O–H groups in total. The van der Waals surface area contributed by atoms with Crippen molar-refractivity contribution in [3.05, 3.63) is 18.5 Å². The van der Waals surface area contributed by atoms with Crippen LogP contribution in [0.5, 0.6) is 0 Å². The third-order valence-electron chi connectivity index (χ3n) is 3.96. The Morgan fingerprint density at radius 3 is 2.33 bits per heavy atom. The van der Waals surface area contributed by atoms with Crippen LogP contribution in [0.15, 0.2) is 18.5 Å². The summed E-state index contributed by atoms with van der Waals surface area (Å²) in [6.07, 6.45) is 7.55. The minimum atomic E-state index is 0.607. The molecule has 0 atom stereocenters. The topological polar surface area (TPSA) is 35.5 Å². The highest BCUT2D eigenvalue weighted by Crippen LogP contribution is 2.29. The van der Waals surface area contributed by atoms with Gasteiger partial charge in [0.15, 0.2) is 0 Å². The molecule has 1 aromatic heterocycles. The monoisotopic (exact) mass is 247 g/mol. The lowest BCUT2D eigenvalue weighted by molar-refractivity contribution is 0.112. The highest BCUT2D eigenvalue weighted by molar-refractivity contribution is 5.29. The van der Waals surface area contributed by atoms with E-state index in [1.807, 2.05) is 18.5 Å². The van der Waals surface area contributed by atoms with Crippen LogP contribution in [0.1, 0.15) is 19.3 Å². The van der Waals surface area contributed by atoms with Gasteiger partial charge < -0.3 is 4.90 Å². The van der Waals surface area contributed by atoms with E-state index >= 15 is 0 Å². The fraction of sp³-hybridized carbons (Fsp3) is 0.692. The second-order valence-corrected chi connectivity index (χ2v) is 5.24. The molecule has 2 heterocycles. The fourth-order valence-electron chi connectivity index (χ4n) is 2.57. The van der Waals surface area contributed by atoms with Gasteiger partial charge in [-0.2, -0.15) is 0 Å². The number of piperazine rings is 1. The number of hydrogen-bond acceptors (Lipinski definition) is 5. The Kier molecular flexibility index (Phi) is 3.43. The quantitative estimate of drug-likeness (QED) is 0.796. The molecule has 0 aromatic carbocycles. The van der Waals surface area contributed by atoms with E-state index in [2.05, 4.69) is 31.9 Å². The number of likely N-dealkylation sites (N-methyl/N-ethyl adjacent to an activating group) is 1. The number of hydrazine groups is 1. The maximum absolute atomic E-state index is 4.44. The Labute approximate surface area is 108 Å². The number of aromatic nitrogens is 2. The molecule has 0 spiro atoms. The van der Waals surface area contributed by atoms with Gasteiger partial charge in [0.05, 0.1) is 0 Å². The molecule has 5 heteroatoms. The zero-order chi connectivity index (χ0) is 12.4. The Balaban J connectivity index is 1.77. The van der Waals surface area contributed by atoms with Crippen LogP contribution >= 0.6 is 0 Å². The van der Waals surface area contributed by atoms with Crippen molar-refractivity contribution in [3.8, 4) is 0 Å². The molecule has 5 nitrogen and oxygen atoms in total. The first-order chi connectivity index (χ1) is 8.84. The van der Waals surface area contributed by atoms with E-state index in [0.29, 0.717) is 6.04 Å². The van der Waals surface area contributed by atoms with Crippen LogP contribution in [0, 0.1) is 0 Å². The first-order valence-corrected chi connectivity index (χ1v) is 6.84. The highest BCUT2D eigenvalue weighted by Gasteiger charge is 2.32. The highest BCUT2D eigenvalue weighted by atomic mass is 15.7. The van der Waals surface area contributed by atoms with Crippen molar-refractivity contribution in [2.24, 2.45) is 0 Å². The van der Waals surface area contributed by atoms with Gasteiger partial charge in [-0.05, 0) is 32.4 Å². The molecular weight excluding hydrogens is 226 g/mol. The molecule has 1 saturated carbocycles. The molecule has 1 aromatic rings. The van der Waals surface area contributed by atoms with Crippen LogP contribution in [-0.2, 0) is 0 Å². The third-order valence-corrected chi connectivity index (χ3v) is 3.96. The van der Waals surface area contributed by atoms with E-state index < -0.39 is 0 Å². The summed E-state index contributed by atoms with van der Waals surface area (Å²) in [6, 6.07) is 2.49. The van der Waals surface area contributed by atoms with E-state index in [4.69, 9.17) is 0 Å². The molecule has 1 aliphatic heterocycles. The van der Waals surface area contributed by atoms with E-state index in [1.165, 1.54) is 19.3 Å². The maximum Gasteiger partial charge on any atom is 0.240 e. The van der Waals surface area contributed by atoms with Crippen LogP contribution in [-0.4, -0.2) is 59.1 Å². The molecule has 1 saturated heterocycles. The molecule has 2 aliphatic rings. The number of hydrogen-bond donors (Lipinski definition) is 0. The molecule has 0 bridgehead atoms. The molecule has 0 unspecified atom stereocenters. The average Bonchev–Trinajstić information content (AvgIpc) is 2.36. The summed E-state index contributed by atoms with van der Waals surface area (Å²) < 4.78 is 0. The van der Waals surface area contributed by atoms with Crippen LogP contribution < -0.4 is 5.01 Å². The van der Waals surface area contributed by atoms with Gasteiger partial charge in [0.25, 0.3) is 0 Å². The lowest BCUT2D eigenvalue weighted by atomic mass is 9.92. The summed E-state index contributed by atoms with van der Waals surface area (Å²) in [6.45, 7) is 4.39. The summed E-state index contributed by atoms with van der Waals surface area (Å²) in [5.74, 6) is 0.867. The van der Waals surface area contributed by atoms with Gasteiger partial charge >= 0.3 is 0 Å². The largest absolute Gasteiger partial charge is 0.304 e. The number of rotatable bonds is 3. The van der Waals surface area contributed by atoms with Crippen molar-refractivity contribution >= 4 is 5.95 Å². The summed E-state index contributed by atoms with van der Waals surface area (Å²) in [5.41, 5.74) is 0. The molecule has 2 fully saturated rings.